The van der Waals surface area contributed by atoms with E-state index in [1.165, 1.54) is 11.9 Å². The van der Waals surface area contributed by atoms with Crippen molar-refractivity contribution < 1.29 is 9.90 Å². The number of carboxylic acids is 1. The minimum Gasteiger partial charge on any atom is -0.481 e. The van der Waals surface area contributed by atoms with Crippen LogP contribution in [0.4, 0.5) is 0 Å². The molecule has 1 aliphatic heterocycles. The molecule has 1 rings (SSSR count). The van der Waals surface area contributed by atoms with E-state index in [4.69, 9.17) is 5.11 Å². The van der Waals surface area contributed by atoms with E-state index in [-0.39, 0.29) is 6.42 Å². The minimum atomic E-state index is -0.915. The smallest absolute Gasteiger partial charge is 0.311 e. The van der Waals surface area contributed by atoms with E-state index in [1.54, 1.807) is 12.2 Å². The van der Waals surface area contributed by atoms with Crippen LogP contribution in [0.1, 0.15) is 6.42 Å². The van der Waals surface area contributed by atoms with Gasteiger partial charge in [0, 0.05) is 0 Å². The first-order chi connectivity index (χ1) is 6.67. The van der Waals surface area contributed by atoms with Crippen molar-refractivity contribution in [3.63, 3.8) is 0 Å². The van der Waals surface area contributed by atoms with Crippen LogP contribution < -0.4 is 4.72 Å². The Labute approximate surface area is 86.2 Å². The fraction of sp³-hybridized carbons (Fsp3) is 0.111. The molecule has 0 aromatic heterocycles. The third kappa shape index (κ3) is 2.50. The van der Waals surface area contributed by atoms with E-state index in [0.29, 0.717) is 11.5 Å². The summed E-state index contributed by atoms with van der Waals surface area (Å²) >= 11 is 1.29. The number of carboxylic acid groups (broad SMARTS) is 1. The summed E-state index contributed by atoms with van der Waals surface area (Å²) in [7, 11) is 0. The number of hydrogen-bond acceptors (Lipinski definition) is 4. The maximum absolute atomic E-state index is 10.4. The van der Waals surface area contributed by atoms with Crippen LogP contribution in [-0.2, 0) is 4.79 Å². The van der Waals surface area contributed by atoms with Crippen LogP contribution in [0.25, 0.3) is 0 Å². The molecule has 0 saturated heterocycles. The lowest BCUT2D eigenvalue weighted by Crippen LogP contribution is -2.22. The van der Waals surface area contributed by atoms with Crippen molar-refractivity contribution in [2.45, 2.75) is 6.42 Å². The largest absolute Gasteiger partial charge is 0.481 e. The lowest BCUT2D eigenvalue weighted by molar-refractivity contribution is -0.135. The van der Waals surface area contributed by atoms with Crippen LogP contribution in [0, 0.1) is 0 Å². The van der Waals surface area contributed by atoms with Crippen LogP contribution in [0.15, 0.2) is 40.9 Å². The standard InChI is InChI=1S/C9H10N2O2S/c1-3-6-7(4-2)14-11-8(10-6)5-9(12)13/h3-4H,1-2,5H2,(H,10,11)(H,12,13). The van der Waals surface area contributed by atoms with Gasteiger partial charge in [0.15, 0.2) is 0 Å². The Bertz CT molecular complexity index is 345. The first kappa shape index (κ1) is 10.6. The predicted molar refractivity (Wildman–Crippen MR) is 57.8 cm³/mol. The van der Waals surface area contributed by atoms with Gasteiger partial charge in [-0.1, -0.05) is 19.2 Å². The topological polar surface area (TPSA) is 61.7 Å². The molecule has 0 aromatic rings. The predicted octanol–water partition coefficient (Wildman–Crippen LogP) is 1.69. The van der Waals surface area contributed by atoms with Crippen molar-refractivity contribution in [3.8, 4) is 0 Å². The van der Waals surface area contributed by atoms with E-state index >= 15 is 0 Å². The summed E-state index contributed by atoms with van der Waals surface area (Å²) in [5.41, 5.74) is 0.653. The zero-order chi connectivity index (χ0) is 10.6. The van der Waals surface area contributed by atoms with E-state index in [9.17, 15) is 4.79 Å². The van der Waals surface area contributed by atoms with Crippen molar-refractivity contribution in [1.82, 2.24) is 4.72 Å². The third-order valence-corrected chi connectivity index (χ3v) is 2.42. The molecular weight excluding hydrogens is 200 g/mol. The molecule has 2 N–H and O–H groups in total. The Morgan fingerprint density at radius 1 is 1.57 bits per heavy atom. The van der Waals surface area contributed by atoms with Gasteiger partial charge in [-0.05, 0) is 18.0 Å². The highest BCUT2D eigenvalue weighted by molar-refractivity contribution is 8.02. The Kier molecular flexibility index (Phi) is 3.53. The Hall–Kier alpha value is -1.49. The molecule has 0 fully saturated rings. The molecule has 0 aliphatic carbocycles. The molecule has 0 unspecified atom stereocenters. The fourth-order valence-corrected chi connectivity index (χ4v) is 1.56. The molecule has 0 radical (unpaired) electrons. The maximum Gasteiger partial charge on any atom is 0.311 e. The monoisotopic (exact) mass is 210 g/mol. The van der Waals surface area contributed by atoms with Gasteiger partial charge in [0.25, 0.3) is 0 Å². The van der Waals surface area contributed by atoms with Gasteiger partial charge in [0.1, 0.15) is 12.3 Å². The summed E-state index contributed by atoms with van der Waals surface area (Å²) in [6, 6.07) is 0. The van der Waals surface area contributed by atoms with E-state index < -0.39 is 5.97 Å². The molecular formula is C9H10N2O2S. The zero-order valence-electron chi connectivity index (χ0n) is 7.49. The van der Waals surface area contributed by atoms with Gasteiger partial charge in [-0.15, -0.1) is 0 Å². The zero-order valence-corrected chi connectivity index (χ0v) is 8.30. The first-order valence-electron chi connectivity index (χ1n) is 3.88. The molecule has 0 atom stereocenters. The molecule has 0 aromatic carbocycles. The molecule has 14 heavy (non-hydrogen) atoms. The second-order valence-electron chi connectivity index (χ2n) is 2.49. The number of aliphatic carboxylic acids is 1. The van der Waals surface area contributed by atoms with Crippen molar-refractivity contribution in [3.05, 3.63) is 35.9 Å². The average molecular weight is 210 g/mol. The van der Waals surface area contributed by atoms with E-state index in [0.717, 1.165) is 4.91 Å². The number of rotatable bonds is 4. The maximum atomic E-state index is 10.4. The molecule has 1 heterocycles. The highest BCUT2D eigenvalue weighted by Crippen LogP contribution is 2.24. The molecule has 0 amide bonds. The lowest BCUT2D eigenvalue weighted by Gasteiger charge is -2.14. The van der Waals surface area contributed by atoms with Crippen molar-refractivity contribution in [2.24, 2.45) is 4.99 Å². The number of nitrogens with one attached hydrogen (secondary N) is 1. The summed E-state index contributed by atoms with van der Waals surface area (Å²) in [5, 5.41) is 8.56. The number of aliphatic imine (C=N–C) groups is 1. The molecule has 74 valence electrons. The van der Waals surface area contributed by atoms with Gasteiger partial charge in [-0.2, -0.15) is 0 Å². The second-order valence-corrected chi connectivity index (χ2v) is 3.34. The summed E-state index contributed by atoms with van der Waals surface area (Å²) in [6.45, 7) is 7.21. The third-order valence-electron chi connectivity index (χ3n) is 1.48. The van der Waals surface area contributed by atoms with Crippen molar-refractivity contribution in [1.29, 1.82) is 0 Å². The molecule has 0 bridgehead atoms. The fourth-order valence-electron chi connectivity index (χ4n) is 0.901. The summed E-state index contributed by atoms with van der Waals surface area (Å²) in [5.74, 6) is -0.495. The lowest BCUT2D eigenvalue weighted by atomic mass is 10.3. The van der Waals surface area contributed by atoms with E-state index in [2.05, 4.69) is 22.9 Å². The van der Waals surface area contributed by atoms with Gasteiger partial charge in [0.2, 0.25) is 0 Å². The van der Waals surface area contributed by atoms with Gasteiger partial charge < -0.3 is 9.83 Å². The molecule has 1 aliphatic rings. The Morgan fingerprint density at radius 3 is 2.79 bits per heavy atom. The number of carbonyl (C=O) groups is 1. The van der Waals surface area contributed by atoms with Crippen LogP contribution in [0.2, 0.25) is 0 Å². The quantitative estimate of drug-likeness (QED) is 0.693. The molecule has 4 nitrogen and oxygen atoms in total. The van der Waals surface area contributed by atoms with Crippen LogP contribution >= 0.6 is 11.9 Å². The van der Waals surface area contributed by atoms with Crippen molar-refractivity contribution >= 4 is 23.8 Å². The van der Waals surface area contributed by atoms with Crippen LogP contribution in [-0.4, -0.2) is 16.9 Å². The minimum absolute atomic E-state index is 0.116. The van der Waals surface area contributed by atoms with Crippen molar-refractivity contribution in [2.75, 3.05) is 0 Å². The van der Waals surface area contributed by atoms with Crippen LogP contribution in [0.5, 0.6) is 0 Å². The summed E-state index contributed by atoms with van der Waals surface area (Å²) in [4.78, 5) is 15.4. The van der Waals surface area contributed by atoms with Gasteiger partial charge in [-0.25, -0.2) is 4.99 Å². The summed E-state index contributed by atoms with van der Waals surface area (Å²) in [6.07, 6.45) is 3.11. The highest BCUT2D eigenvalue weighted by Gasteiger charge is 2.13. The summed E-state index contributed by atoms with van der Waals surface area (Å²) < 4.78 is 2.82. The number of amidine groups is 1. The van der Waals surface area contributed by atoms with Crippen LogP contribution in [0.3, 0.4) is 0 Å². The average Bonchev–Trinajstić information content (AvgIpc) is 2.16. The number of nitrogens with zero attached hydrogens (tertiary/aromatic N) is 1. The number of hydrogen-bond donors (Lipinski definition) is 2. The normalized spacial score (nSPS) is 15.6. The Balaban J connectivity index is 2.89. The van der Waals surface area contributed by atoms with E-state index in [1.807, 2.05) is 0 Å². The molecule has 0 spiro atoms. The molecule has 5 heteroatoms. The highest BCUT2D eigenvalue weighted by atomic mass is 32.2. The molecule has 0 saturated carbocycles. The SMILES string of the molecule is C=CC1=C(C=C)SNC(CC(=O)O)=N1. The van der Waals surface area contributed by atoms with Gasteiger partial charge in [0.05, 0.1) is 10.6 Å². The number of allylic oxidation sites excluding steroid dienone is 2. The first-order valence-corrected chi connectivity index (χ1v) is 4.70. The van der Waals surface area contributed by atoms with Gasteiger partial charge in [-0.3, -0.25) is 4.79 Å². The Morgan fingerprint density at radius 2 is 2.29 bits per heavy atom. The second kappa shape index (κ2) is 4.66. The van der Waals surface area contributed by atoms with Gasteiger partial charge >= 0.3 is 5.97 Å².